The van der Waals surface area contributed by atoms with Crippen molar-refractivity contribution in [1.29, 1.82) is 0 Å². The average Bonchev–Trinajstić information content (AvgIpc) is 3.24. The first-order valence-corrected chi connectivity index (χ1v) is 11.8. The van der Waals surface area contributed by atoms with Crippen LogP contribution < -0.4 is 10.5 Å². The summed E-state index contributed by atoms with van der Waals surface area (Å²) in [4.78, 5) is 26.5. The summed E-state index contributed by atoms with van der Waals surface area (Å²) in [7, 11) is 0. The number of amides is 1. The van der Waals surface area contributed by atoms with Crippen molar-refractivity contribution < 1.29 is 23.0 Å². The second-order valence-corrected chi connectivity index (χ2v) is 8.97. The number of nitrogens with zero attached hydrogens (tertiary/aromatic N) is 4. The molecule has 11 heteroatoms. The number of aromatic nitrogens is 2. The number of hydrogen-bond donors (Lipinski definition) is 1. The summed E-state index contributed by atoms with van der Waals surface area (Å²) in [6.45, 7) is 2.41. The van der Waals surface area contributed by atoms with Crippen LogP contribution in [0.2, 0.25) is 0 Å². The van der Waals surface area contributed by atoms with E-state index in [1.807, 2.05) is 0 Å². The SMILES string of the molecule is C#CCOc1cnc(/C(F)=C/c2ccc(F)c([C@]34CN(C(=O)OCC)C[C@H]3CSC(N)=N4)c2)cn1. The third-order valence-corrected chi connectivity index (χ3v) is 6.70. The van der Waals surface area contributed by atoms with E-state index in [0.717, 1.165) is 0 Å². The van der Waals surface area contributed by atoms with Crippen molar-refractivity contribution in [2.24, 2.45) is 16.6 Å². The van der Waals surface area contributed by atoms with E-state index in [9.17, 15) is 9.18 Å². The fraction of sp³-hybridized carbons (Fsp3) is 0.333. The van der Waals surface area contributed by atoms with Gasteiger partial charge in [0.1, 0.15) is 17.1 Å². The molecule has 2 N–H and O–H groups in total. The third kappa shape index (κ3) is 5.07. The molecule has 0 radical (unpaired) electrons. The van der Waals surface area contributed by atoms with E-state index in [-0.39, 0.29) is 42.8 Å². The maximum atomic E-state index is 15.2. The van der Waals surface area contributed by atoms with E-state index in [1.165, 1.54) is 53.3 Å². The predicted octanol–water partition coefficient (Wildman–Crippen LogP) is 3.44. The molecule has 8 nitrogen and oxygen atoms in total. The van der Waals surface area contributed by atoms with E-state index < -0.39 is 23.3 Å². The topological polar surface area (TPSA) is 103 Å². The number of ether oxygens (including phenoxy) is 2. The fourth-order valence-corrected chi connectivity index (χ4v) is 5.15. The number of aliphatic imine (C=N–C) groups is 1. The Morgan fingerprint density at radius 3 is 2.97 bits per heavy atom. The van der Waals surface area contributed by atoms with Crippen molar-refractivity contribution >= 4 is 34.9 Å². The van der Waals surface area contributed by atoms with E-state index in [2.05, 4.69) is 20.9 Å². The van der Waals surface area contributed by atoms with E-state index in [1.54, 1.807) is 6.92 Å². The zero-order valence-electron chi connectivity index (χ0n) is 18.9. The van der Waals surface area contributed by atoms with Gasteiger partial charge < -0.3 is 20.1 Å². The van der Waals surface area contributed by atoms with Crippen molar-refractivity contribution in [3.8, 4) is 18.2 Å². The molecule has 0 unspecified atom stereocenters. The summed E-state index contributed by atoms with van der Waals surface area (Å²) < 4.78 is 40.4. The summed E-state index contributed by atoms with van der Waals surface area (Å²) in [5.74, 6) is 1.65. The molecule has 2 aliphatic rings. The molecule has 1 aromatic heterocycles. The minimum Gasteiger partial charge on any atom is -0.463 e. The van der Waals surface area contributed by atoms with Gasteiger partial charge in [0.25, 0.3) is 0 Å². The monoisotopic (exact) mass is 499 g/mol. The summed E-state index contributed by atoms with van der Waals surface area (Å²) in [6, 6.07) is 4.23. The van der Waals surface area contributed by atoms with Gasteiger partial charge in [-0.1, -0.05) is 23.7 Å². The number of terminal acetylenes is 1. The van der Waals surface area contributed by atoms with Gasteiger partial charge in [0.2, 0.25) is 5.88 Å². The van der Waals surface area contributed by atoms with Gasteiger partial charge in [-0.25, -0.2) is 28.5 Å². The highest BCUT2D eigenvalue weighted by Gasteiger charge is 2.52. The number of rotatable bonds is 6. The van der Waals surface area contributed by atoms with Crippen LogP contribution in [0.4, 0.5) is 13.6 Å². The second kappa shape index (κ2) is 10.3. The zero-order chi connectivity index (χ0) is 25.0. The Balaban J connectivity index is 1.67. The quantitative estimate of drug-likeness (QED) is 0.608. The maximum Gasteiger partial charge on any atom is 0.409 e. The van der Waals surface area contributed by atoms with Gasteiger partial charge in [-0.15, -0.1) is 6.42 Å². The van der Waals surface area contributed by atoms with Crippen LogP contribution in [0.1, 0.15) is 23.7 Å². The lowest BCUT2D eigenvalue weighted by Crippen LogP contribution is -2.41. The number of hydrogen-bond acceptors (Lipinski definition) is 8. The van der Waals surface area contributed by atoms with Gasteiger partial charge in [0.15, 0.2) is 17.6 Å². The number of nitrogens with two attached hydrogens (primary N) is 1. The summed E-state index contributed by atoms with van der Waals surface area (Å²) in [6.07, 6.45) is 8.35. The van der Waals surface area contributed by atoms with E-state index in [0.29, 0.717) is 23.0 Å². The molecular formula is C24H23F2N5O3S. The van der Waals surface area contributed by atoms with Crippen molar-refractivity contribution in [1.82, 2.24) is 14.9 Å². The molecule has 0 spiro atoms. The Bertz CT molecular complexity index is 1210. The van der Waals surface area contributed by atoms with Gasteiger partial charge in [-0.3, -0.25) is 0 Å². The molecule has 2 atom stereocenters. The molecule has 182 valence electrons. The molecule has 0 saturated carbocycles. The Morgan fingerprint density at radius 1 is 1.43 bits per heavy atom. The van der Waals surface area contributed by atoms with Crippen molar-refractivity contribution in [2.75, 3.05) is 32.1 Å². The molecule has 0 bridgehead atoms. The zero-order valence-corrected chi connectivity index (χ0v) is 19.7. The van der Waals surface area contributed by atoms with Gasteiger partial charge >= 0.3 is 6.09 Å². The molecule has 1 aromatic carbocycles. The Hall–Kier alpha value is -3.65. The standard InChI is InChI=1S/C24H23F2N5O3S/c1-3-7-34-21-11-28-20(10-29-21)19(26)9-15-5-6-18(25)17(8-15)24-14-31(23(32)33-4-2)12-16(24)13-35-22(27)30-24/h1,5-6,8-11,16H,4,7,12-14H2,2H3,(H2,27,30)/b19-9-/t16-,24-/m0/s1. The maximum absolute atomic E-state index is 15.2. The second-order valence-electron chi connectivity index (χ2n) is 7.93. The molecule has 1 fully saturated rings. The van der Waals surface area contributed by atoms with E-state index >= 15 is 4.39 Å². The normalized spacial score (nSPS) is 21.7. The molecule has 1 amide bonds. The first kappa shape index (κ1) is 24.5. The highest BCUT2D eigenvalue weighted by Crippen LogP contribution is 2.46. The summed E-state index contributed by atoms with van der Waals surface area (Å²) >= 11 is 1.36. The number of benzene rings is 1. The number of likely N-dealkylation sites (tertiary alicyclic amines) is 1. The van der Waals surface area contributed by atoms with Crippen LogP contribution in [0.15, 0.2) is 35.6 Å². The van der Waals surface area contributed by atoms with Crippen LogP contribution >= 0.6 is 11.8 Å². The lowest BCUT2D eigenvalue weighted by atomic mass is 9.81. The first-order chi connectivity index (χ1) is 16.9. The smallest absolute Gasteiger partial charge is 0.409 e. The number of amidine groups is 1. The van der Waals surface area contributed by atoms with Gasteiger partial charge in [-0.2, -0.15) is 0 Å². The Labute approximate surface area is 205 Å². The first-order valence-electron chi connectivity index (χ1n) is 10.8. The fourth-order valence-electron chi connectivity index (χ4n) is 4.17. The Kier molecular flexibility index (Phi) is 7.21. The number of carbonyl (C=O) groups is 1. The average molecular weight is 500 g/mol. The molecule has 35 heavy (non-hydrogen) atoms. The minimum absolute atomic E-state index is 0.0204. The van der Waals surface area contributed by atoms with Crippen LogP contribution in [-0.4, -0.2) is 58.2 Å². The van der Waals surface area contributed by atoms with Gasteiger partial charge in [-0.05, 0) is 30.7 Å². The third-order valence-electron chi connectivity index (χ3n) is 5.74. The van der Waals surface area contributed by atoms with Crippen LogP contribution in [0.5, 0.6) is 5.88 Å². The summed E-state index contributed by atoms with van der Waals surface area (Å²) in [5.41, 5.74) is 5.54. The lowest BCUT2D eigenvalue weighted by molar-refractivity contribution is 0.113. The molecule has 0 aliphatic carbocycles. The summed E-state index contributed by atoms with van der Waals surface area (Å²) in [5, 5.41) is 0.306. The number of halogens is 2. The van der Waals surface area contributed by atoms with Gasteiger partial charge in [0.05, 0.1) is 25.5 Å². The van der Waals surface area contributed by atoms with Crippen molar-refractivity contribution in [3.05, 3.63) is 53.2 Å². The van der Waals surface area contributed by atoms with E-state index in [4.69, 9.17) is 21.6 Å². The molecule has 4 rings (SSSR count). The predicted molar refractivity (Wildman–Crippen MR) is 130 cm³/mol. The molecule has 2 aliphatic heterocycles. The van der Waals surface area contributed by atoms with Crippen molar-refractivity contribution in [2.45, 2.75) is 12.5 Å². The van der Waals surface area contributed by atoms with Gasteiger partial charge in [0, 0.05) is 23.8 Å². The van der Waals surface area contributed by atoms with Crippen LogP contribution in [0, 0.1) is 24.1 Å². The van der Waals surface area contributed by atoms with Crippen LogP contribution in [0.25, 0.3) is 11.9 Å². The lowest BCUT2D eigenvalue weighted by Gasteiger charge is -2.35. The van der Waals surface area contributed by atoms with Crippen molar-refractivity contribution in [3.63, 3.8) is 0 Å². The largest absolute Gasteiger partial charge is 0.463 e. The highest BCUT2D eigenvalue weighted by molar-refractivity contribution is 8.13. The minimum atomic E-state index is -1.09. The molecule has 2 aromatic rings. The van der Waals surface area contributed by atoms with Crippen LogP contribution in [-0.2, 0) is 10.3 Å². The number of carbonyl (C=O) groups excluding carboxylic acids is 1. The molecular weight excluding hydrogens is 476 g/mol. The Morgan fingerprint density at radius 2 is 2.26 bits per heavy atom. The number of thioether (sulfide) groups is 1. The highest BCUT2D eigenvalue weighted by atomic mass is 32.2. The molecule has 1 saturated heterocycles. The van der Waals surface area contributed by atoms with Crippen LogP contribution in [0.3, 0.4) is 0 Å². The molecule has 3 heterocycles. The number of fused-ring (bicyclic) bond motifs is 1.